The molecule has 0 aromatic heterocycles. The van der Waals surface area contributed by atoms with Gasteiger partial charge in [0.05, 0.1) is 16.6 Å². The van der Waals surface area contributed by atoms with E-state index in [2.05, 4.69) is 12.2 Å². The molecule has 0 unspecified atom stereocenters. The minimum Gasteiger partial charge on any atom is -0.310 e. The van der Waals surface area contributed by atoms with Gasteiger partial charge in [0.25, 0.3) is 0 Å². The van der Waals surface area contributed by atoms with Crippen molar-refractivity contribution in [2.45, 2.75) is 19.8 Å². The van der Waals surface area contributed by atoms with Gasteiger partial charge in [-0.25, -0.2) is 0 Å². The third-order valence-corrected chi connectivity index (χ3v) is 2.87. The lowest BCUT2D eigenvalue weighted by molar-refractivity contribution is -0.117. The Morgan fingerprint density at radius 3 is 2.69 bits per heavy atom. The molecule has 0 aliphatic heterocycles. The van der Waals surface area contributed by atoms with Crippen LogP contribution in [0, 0.1) is 0 Å². The van der Waals surface area contributed by atoms with Gasteiger partial charge in [0, 0.05) is 6.42 Å². The summed E-state index contributed by atoms with van der Waals surface area (Å²) >= 11 is 11.7. The number of halogens is 2. The van der Waals surface area contributed by atoms with Crippen LogP contribution in [0.4, 0.5) is 0 Å². The van der Waals surface area contributed by atoms with Crippen molar-refractivity contribution in [3.63, 3.8) is 0 Å². The average Bonchev–Trinajstić information content (AvgIpc) is 2.24. The minimum absolute atomic E-state index is 0.159. The van der Waals surface area contributed by atoms with Gasteiger partial charge in [-0.3, -0.25) is 4.79 Å². The van der Waals surface area contributed by atoms with E-state index in [4.69, 9.17) is 23.2 Å². The third-order valence-electron chi connectivity index (χ3n) is 2.13. The molecule has 0 heterocycles. The van der Waals surface area contributed by atoms with Crippen LogP contribution < -0.4 is 5.32 Å². The molecule has 4 heteroatoms. The molecule has 88 valence electrons. The Morgan fingerprint density at radius 2 is 2.06 bits per heavy atom. The molecule has 0 aliphatic carbocycles. The summed E-state index contributed by atoms with van der Waals surface area (Å²) in [6.45, 7) is 3.34. The summed E-state index contributed by atoms with van der Waals surface area (Å²) in [6, 6.07) is 5.28. The highest BCUT2D eigenvalue weighted by molar-refractivity contribution is 6.42. The van der Waals surface area contributed by atoms with Crippen LogP contribution in [-0.2, 0) is 11.2 Å². The molecule has 0 aliphatic rings. The number of Topliss-reactive ketones (excluding diaryl/α,β-unsaturated/α-hetero) is 1. The Labute approximate surface area is 106 Å². The zero-order valence-corrected chi connectivity index (χ0v) is 10.7. The molecule has 0 spiro atoms. The second-order valence-corrected chi connectivity index (χ2v) is 4.46. The Balaban J connectivity index is 2.46. The van der Waals surface area contributed by atoms with E-state index >= 15 is 0 Å². The summed E-state index contributed by atoms with van der Waals surface area (Å²) < 4.78 is 0. The second kappa shape index (κ2) is 6.89. The van der Waals surface area contributed by atoms with E-state index in [0.717, 1.165) is 18.5 Å². The van der Waals surface area contributed by atoms with Crippen molar-refractivity contribution in [2.24, 2.45) is 0 Å². The summed E-state index contributed by atoms with van der Waals surface area (Å²) in [5.41, 5.74) is 0.901. The molecule has 16 heavy (non-hydrogen) atoms. The van der Waals surface area contributed by atoms with Crippen LogP contribution in [-0.4, -0.2) is 18.9 Å². The summed E-state index contributed by atoms with van der Waals surface area (Å²) in [4.78, 5) is 11.5. The van der Waals surface area contributed by atoms with Gasteiger partial charge >= 0.3 is 0 Å². The fourth-order valence-electron chi connectivity index (χ4n) is 1.34. The maximum atomic E-state index is 11.5. The molecule has 1 rings (SSSR count). The fourth-order valence-corrected chi connectivity index (χ4v) is 1.67. The van der Waals surface area contributed by atoms with E-state index in [1.807, 2.05) is 6.07 Å². The van der Waals surface area contributed by atoms with Crippen LogP contribution in [0.1, 0.15) is 18.9 Å². The topological polar surface area (TPSA) is 29.1 Å². The first-order chi connectivity index (χ1) is 7.63. The third kappa shape index (κ3) is 4.52. The van der Waals surface area contributed by atoms with E-state index in [0.29, 0.717) is 23.0 Å². The Hall–Kier alpha value is -0.570. The van der Waals surface area contributed by atoms with E-state index in [9.17, 15) is 4.79 Å². The van der Waals surface area contributed by atoms with E-state index in [1.165, 1.54) is 0 Å². The van der Waals surface area contributed by atoms with Crippen LogP contribution >= 0.6 is 23.2 Å². The number of rotatable bonds is 6. The molecule has 1 N–H and O–H groups in total. The summed E-state index contributed by atoms with van der Waals surface area (Å²) in [6.07, 6.45) is 1.42. The zero-order valence-electron chi connectivity index (χ0n) is 9.22. The number of benzene rings is 1. The van der Waals surface area contributed by atoms with Crippen molar-refractivity contribution in [2.75, 3.05) is 13.1 Å². The SMILES string of the molecule is CCCNCC(=O)Cc1ccc(Cl)c(Cl)c1. The van der Waals surface area contributed by atoms with Crippen molar-refractivity contribution in [3.8, 4) is 0 Å². The summed E-state index contributed by atoms with van der Waals surface area (Å²) in [5.74, 6) is 0.159. The lowest BCUT2D eigenvalue weighted by atomic mass is 10.1. The van der Waals surface area contributed by atoms with Gasteiger partial charge in [-0.05, 0) is 30.7 Å². The first-order valence-corrected chi connectivity index (χ1v) is 6.05. The maximum Gasteiger partial charge on any atom is 0.150 e. The van der Waals surface area contributed by atoms with Gasteiger partial charge in [-0.15, -0.1) is 0 Å². The normalized spacial score (nSPS) is 10.4. The van der Waals surface area contributed by atoms with Gasteiger partial charge in [0.15, 0.2) is 5.78 Å². The Morgan fingerprint density at radius 1 is 1.31 bits per heavy atom. The first kappa shape index (κ1) is 13.5. The van der Waals surface area contributed by atoms with E-state index in [-0.39, 0.29) is 5.78 Å². The van der Waals surface area contributed by atoms with Crippen LogP contribution in [0.2, 0.25) is 10.0 Å². The lowest BCUT2D eigenvalue weighted by Gasteiger charge is -2.04. The van der Waals surface area contributed by atoms with Crippen molar-refractivity contribution in [1.82, 2.24) is 5.32 Å². The smallest absolute Gasteiger partial charge is 0.150 e. The monoisotopic (exact) mass is 259 g/mol. The van der Waals surface area contributed by atoms with Gasteiger partial charge in [0.2, 0.25) is 0 Å². The predicted octanol–water partition coefficient (Wildman–Crippen LogP) is 3.10. The molecule has 0 saturated carbocycles. The van der Waals surface area contributed by atoms with E-state index in [1.54, 1.807) is 12.1 Å². The fraction of sp³-hybridized carbons (Fsp3) is 0.417. The molecular weight excluding hydrogens is 245 g/mol. The van der Waals surface area contributed by atoms with Gasteiger partial charge < -0.3 is 5.32 Å². The predicted molar refractivity (Wildman–Crippen MR) is 68.3 cm³/mol. The first-order valence-electron chi connectivity index (χ1n) is 5.29. The number of carbonyl (C=O) groups excluding carboxylic acids is 1. The second-order valence-electron chi connectivity index (χ2n) is 3.64. The molecule has 0 radical (unpaired) electrons. The number of nitrogens with one attached hydrogen (secondary N) is 1. The molecule has 2 nitrogen and oxygen atoms in total. The number of hydrogen-bond acceptors (Lipinski definition) is 2. The largest absolute Gasteiger partial charge is 0.310 e. The summed E-state index contributed by atoms with van der Waals surface area (Å²) in [5, 5.41) is 4.08. The van der Waals surface area contributed by atoms with Crippen LogP contribution in [0.15, 0.2) is 18.2 Å². The van der Waals surface area contributed by atoms with Crippen LogP contribution in [0.3, 0.4) is 0 Å². The molecule has 0 fully saturated rings. The number of ketones is 1. The Kier molecular flexibility index (Phi) is 5.81. The molecule has 1 aromatic rings. The highest BCUT2D eigenvalue weighted by Crippen LogP contribution is 2.22. The van der Waals surface area contributed by atoms with Gasteiger partial charge in [-0.1, -0.05) is 36.2 Å². The highest BCUT2D eigenvalue weighted by atomic mass is 35.5. The van der Waals surface area contributed by atoms with E-state index < -0.39 is 0 Å². The van der Waals surface area contributed by atoms with Crippen molar-refractivity contribution >= 4 is 29.0 Å². The standard InChI is InChI=1S/C12H15Cl2NO/c1-2-5-15-8-10(16)6-9-3-4-11(13)12(14)7-9/h3-4,7,15H,2,5-6,8H2,1H3. The van der Waals surface area contributed by atoms with Crippen molar-refractivity contribution in [1.29, 1.82) is 0 Å². The van der Waals surface area contributed by atoms with Crippen molar-refractivity contribution < 1.29 is 4.79 Å². The average molecular weight is 260 g/mol. The molecule has 1 aromatic carbocycles. The quantitative estimate of drug-likeness (QED) is 0.796. The zero-order chi connectivity index (χ0) is 12.0. The number of hydrogen-bond donors (Lipinski definition) is 1. The highest BCUT2D eigenvalue weighted by Gasteiger charge is 2.05. The lowest BCUT2D eigenvalue weighted by Crippen LogP contribution is -2.24. The maximum absolute atomic E-state index is 11.5. The van der Waals surface area contributed by atoms with Crippen molar-refractivity contribution in [3.05, 3.63) is 33.8 Å². The molecular formula is C12H15Cl2NO. The van der Waals surface area contributed by atoms with Gasteiger partial charge in [-0.2, -0.15) is 0 Å². The molecule has 0 bridgehead atoms. The molecule has 0 saturated heterocycles. The van der Waals surface area contributed by atoms with Gasteiger partial charge in [0.1, 0.15) is 0 Å². The Bertz CT molecular complexity index is 366. The van der Waals surface area contributed by atoms with Crippen LogP contribution in [0.5, 0.6) is 0 Å². The number of carbonyl (C=O) groups is 1. The summed E-state index contributed by atoms with van der Waals surface area (Å²) in [7, 11) is 0. The minimum atomic E-state index is 0.159. The van der Waals surface area contributed by atoms with Crippen LogP contribution in [0.25, 0.3) is 0 Å². The molecule has 0 atom stereocenters. The molecule has 0 amide bonds.